The van der Waals surface area contributed by atoms with Crippen molar-refractivity contribution in [1.29, 1.82) is 0 Å². The predicted molar refractivity (Wildman–Crippen MR) is 83.8 cm³/mol. The predicted octanol–water partition coefficient (Wildman–Crippen LogP) is 2.46. The molecular weight excluding hydrogens is 280 g/mol. The minimum atomic E-state index is -0.876. The maximum absolute atomic E-state index is 12.3. The van der Waals surface area contributed by atoms with Crippen molar-refractivity contribution in [3.63, 3.8) is 0 Å². The largest absolute Gasteiger partial charge is 0.411 e. The molecule has 0 bridgehead atoms. The first-order valence-electron chi connectivity index (χ1n) is 6.93. The van der Waals surface area contributed by atoms with Crippen molar-refractivity contribution in [2.75, 3.05) is 13.6 Å². The van der Waals surface area contributed by atoms with Crippen LogP contribution in [-0.2, 0) is 6.42 Å². The second-order valence-corrected chi connectivity index (χ2v) is 4.91. The summed E-state index contributed by atoms with van der Waals surface area (Å²) in [6, 6.07) is 16.3. The molecule has 0 saturated heterocycles. The van der Waals surface area contributed by atoms with Crippen LogP contribution in [0.3, 0.4) is 0 Å². The van der Waals surface area contributed by atoms with E-state index in [1.165, 1.54) is 5.56 Å². The number of nitrogens with zero attached hydrogens (tertiary/aromatic N) is 1. The van der Waals surface area contributed by atoms with Crippen molar-refractivity contribution >= 4 is 12.0 Å². The summed E-state index contributed by atoms with van der Waals surface area (Å²) in [4.78, 5) is 24.6. The molecule has 114 valence electrons. The molecule has 0 saturated carbocycles. The summed E-state index contributed by atoms with van der Waals surface area (Å²) in [6.07, 6.45) is -0.0783. The lowest BCUT2D eigenvalue weighted by Crippen LogP contribution is -2.28. The first-order valence-corrected chi connectivity index (χ1v) is 6.93. The Morgan fingerprint density at radius 1 is 1.05 bits per heavy atom. The molecule has 0 atom stereocenters. The van der Waals surface area contributed by atoms with E-state index in [1.54, 1.807) is 36.2 Å². The smallest absolute Gasteiger partial charge is 0.409 e. The van der Waals surface area contributed by atoms with E-state index in [-0.39, 0.29) is 5.91 Å². The Morgan fingerprint density at radius 3 is 2.27 bits per heavy atom. The third kappa shape index (κ3) is 4.34. The van der Waals surface area contributed by atoms with Gasteiger partial charge in [0.25, 0.3) is 5.91 Å². The Hall–Kier alpha value is -2.82. The Kier molecular flexibility index (Phi) is 5.14. The van der Waals surface area contributed by atoms with E-state index in [2.05, 4.69) is 0 Å². The molecule has 0 spiro atoms. The highest BCUT2D eigenvalue weighted by Gasteiger charge is 2.11. The molecule has 2 rings (SSSR count). The number of benzene rings is 2. The van der Waals surface area contributed by atoms with Gasteiger partial charge in [-0.2, -0.15) is 0 Å². The molecule has 2 amide bonds. The highest BCUT2D eigenvalue weighted by molar-refractivity contribution is 5.94. The third-order valence-corrected chi connectivity index (χ3v) is 3.25. The number of rotatable bonds is 5. The molecule has 2 aromatic rings. The number of amides is 2. The lowest BCUT2D eigenvalue weighted by Gasteiger charge is -2.17. The number of carbonyl (C=O) groups is 2. The van der Waals surface area contributed by atoms with E-state index in [0.29, 0.717) is 17.9 Å². The maximum Gasteiger partial charge on any atom is 0.409 e. The zero-order valence-corrected chi connectivity index (χ0v) is 12.4. The van der Waals surface area contributed by atoms with Crippen molar-refractivity contribution in [3.05, 3.63) is 65.7 Å². The quantitative estimate of drug-likeness (QED) is 0.921. The SMILES string of the molecule is CN(CCc1ccccc1)C(=O)c1ccc(OC(N)=O)cc1. The van der Waals surface area contributed by atoms with Gasteiger partial charge in [-0.05, 0) is 36.2 Å². The van der Waals surface area contributed by atoms with Crippen LogP contribution in [0.25, 0.3) is 0 Å². The minimum absolute atomic E-state index is 0.0819. The van der Waals surface area contributed by atoms with Crippen molar-refractivity contribution < 1.29 is 14.3 Å². The van der Waals surface area contributed by atoms with Crippen molar-refractivity contribution in [2.24, 2.45) is 5.73 Å². The average Bonchev–Trinajstić information content (AvgIpc) is 2.53. The van der Waals surface area contributed by atoms with Gasteiger partial charge in [0.15, 0.2) is 0 Å². The summed E-state index contributed by atoms with van der Waals surface area (Å²) in [5.41, 5.74) is 6.65. The Balaban J connectivity index is 1.93. The van der Waals surface area contributed by atoms with Crippen LogP contribution >= 0.6 is 0 Å². The van der Waals surface area contributed by atoms with Gasteiger partial charge in [0, 0.05) is 19.2 Å². The van der Waals surface area contributed by atoms with Crippen LogP contribution in [0, 0.1) is 0 Å². The van der Waals surface area contributed by atoms with Crippen molar-refractivity contribution in [2.45, 2.75) is 6.42 Å². The van der Waals surface area contributed by atoms with Gasteiger partial charge < -0.3 is 15.4 Å². The minimum Gasteiger partial charge on any atom is -0.411 e. The highest BCUT2D eigenvalue weighted by Crippen LogP contribution is 2.13. The standard InChI is InChI=1S/C17H18N2O3/c1-19(12-11-13-5-3-2-4-6-13)16(20)14-7-9-15(10-8-14)22-17(18)21/h2-10H,11-12H2,1H3,(H2,18,21). The molecule has 0 aliphatic rings. The fourth-order valence-electron chi connectivity index (χ4n) is 2.05. The van der Waals surface area contributed by atoms with Crippen LogP contribution in [-0.4, -0.2) is 30.5 Å². The van der Waals surface area contributed by atoms with E-state index in [1.807, 2.05) is 30.3 Å². The van der Waals surface area contributed by atoms with E-state index in [9.17, 15) is 9.59 Å². The zero-order valence-electron chi connectivity index (χ0n) is 12.4. The number of nitrogens with two attached hydrogens (primary N) is 1. The summed E-state index contributed by atoms with van der Waals surface area (Å²) in [5.74, 6) is 0.234. The summed E-state index contributed by atoms with van der Waals surface area (Å²) < 4.78 is 4.73. The van der Waals surface area contributed by atoms with Crippen LogP contribution < -0.4 is 10.5 Å². The van der Waals surface area contributed by atoms with Crippen LogP contribution in [0.15, 0.2) is 54.6 Å². The second kappa shape index (κ2) is 7.26. The third-order valence-electron chi connectivity index (χ3n) is 3.25. The zero-order chi connectivity index (χ0) is 15.9. The van der Waals surface area contributed by atoms with Gasteiger partial charge in [0.1, 0.15) is 5.75 Å². The fraction of sp³-hybridized carbons (Fsp3) is 0.176. The topological polar surface area (TPSA) is 72.6 Å². The Labute approximate surface area is 129 Å². The van der Waals surface area contributed by atoms with Crippen LogP contribution in [0.1, 0.15) is 15.9 Å². The van der Waals surface area contributed by atoms with E-state index >= 15 is 0 Å². The maximum atomic E-state index is 12.3. The number of primary amides is 1. The van der Waals surface area contributed by atoms with Crippen LogP contribution in [0.4, 0.5) is 4.79 Å². The molecule has 0 aliphatic heterocycles. The number of hydrogen-bond acceptors (Lipinski definition) is 3. The molecule has 0 fully saturated rings. The van der Waals surface area contributed by atoms with E-state index in [0.717, 1.165) is 6.42 Å². The lowest BCUT2D eigenvalue weighted by atomic mass is 10.1. The molecule has 2 aromatic carbocycles. The van der Waals surface area contributed by atoms with Gasteiger partial charge in [0.05, 0.1) is 0 Å². The lowest BCUT2D eigenvalue weighted by molar-refractivity contribution is 0.0796. The molecule has 0 unspecified atom stereocenters. The summed E-state index contributed by atoms with van der Waals surface area (Å²) >= 11 is 0. The molecule has 0 radical (unpaired) electrons. The first kappa shape index (κ1) is 15.6. The van der Waals surface area contributed by atoms with Crippen LogP contribution in [0.5, 0.6) is 5.75 Å². The fourth-order valence-corrected chi connectivity index (χ4v) is 2.05. The summed E-state index contributed by atoms with van der Waals surface area (Å²) in [7, 11) is 1.76. The molecule has 5 nitrogen and oxygen atoms in total. The van der Waals surface area contributed by atoms with Crippen molar-refractivity contribution in [1.82, 2.24) is 4.90 Å². The molecule has 22 heavy (non-hydrogen) atoms. The van der Waals surface area contributed by atoms with Gasteiger partial charge >= 0.3 is 6.09 Å². The van der Waals surface area contributed by atoms with Gasteiger partial charge in [-0.1, -0.05) is 30.3 Å². The van der Waals surface area contributed by atoms with Crippen molar-refractivity contribution in [3.8, 4) is 5.75 Å². The number of ether oxygens (including phenoxy) is 1. The van der Waals surface area contributed by atoms with Gasteiger partial charge in [-0.25, -0.2) is 4.79 Å². The van der Waals surface area contributed by atoms with E-state index < -0.39 is 6.09 Å². The number of likely N-dealkylation sites (N-methyl/N-ethyl adjacent to an activating group) is 1. The molecule has 0 heterocycles. The molecule has 0 aliphatic carbocycles. The molecular formula is C17H18N2O3. The number of carbonyl (C=O) groups excluding carboxylic acids is 2. The van der Waals surface area contributed by atoms with Gasteiger partial charge in [-0.3, -0.25) is 4.79 Å². The number of hydrogen-bond donors (Lipinski definition) is 1. The second-order valence-electron chi connectivity index (χ2n) is 4.91. The van der Waals surface area contributed by atoms with Gasteiger partial charge in [0.2, 0.25) is 0 Å². The Bertz CT molecular complexity index is 639. The normalized spacial score (nSPS) is 10.0. The highest BCUT2D eigenvalue weighted by atomic mass is 16.5. The Morgan fingerprint density at radius 2 is 1.68 bits per heavy atom. The monoisotopic (exact) mass is 298 g/mol. The van der Waals surface area contributed by atoms with E-state index in [4.69, 9.17) is 10.5 Å². The summed E-state index contributed by atoms with van der Waals surface area (Å²) in [5, 5.41) is 0. The van der Waals surface area contributed by atoms with Gasteiger partial charge in [-0.15, -0.1) is 0 Å². The van der Waals surface area contributed by atoms with Crippen LogP contribution in [0.2, 0.25) is 0 Å². The average molecular weight is 298 g/mol. The molecule has 2 N–H and O–H groups in total. The molecule has 0 aromatic heterocycles. The summed E-state index contributed by atoms with van der Waals surface area (Å²) in [6.45, 7) is 0.627. The molecule has 5 heteroatoms. The first-order chi connectivity index (χ1) is 10.6.